The number of carboxylic acid groups (broad SMARTS) is 1. The minimum atomic E-state index is -1.21. The first kappa shape index (κ1) is 19.3. The number of nitrogens with one attached hydrogen (secondary N) is 1. The predicted octanol–water partition coefficient (Wildman–Crippen LogP) is 4.31. The lowest BCUT2D eigenvalue weighted by Crippen LogP contribution is -2.14. The number of anilines is 1. The van der Waals surface area contributed by atoms with E-state index in [4.69, 9.17) is 5.11 Å². The Kier molecular flexibility index (Phi) is 6.63. The third-order valence-corrected chi connectivity index (χ3v) is 3.96. The quantitative estimate of drug-likeness (QED) is 0.522. The number of carbonyl (C=O) groups is 3. The van der Waals surface area contributed by atoms with Gasteiger partial charge in [-0.15, -0.1) is 0 Å². The van der Waals surface area contributed by atoms with Crippen molar-refractivity contribution in [2.75, 3.05) is 5.32 Å². The van der Waals surface area contributed by atoms with Gasteiger partial charge in [0.15, 0.2) is 5.78 Å². The van der Waals surface area contributed by atoms with Crippen molar-refractivity contribution >= 4 is 45.4 Å². The molecule has 0 aliphatic carbocycles. The number of hydrogen-bond acceptors (Lipinski definition) is 3. The monoisotopic (exact) mass is 413 g/mol. The maximum Gasteiger partial charge on any atom is 0.331 e. The van der Waals surface area contributed by atoms with Crippen LogP contribution in [0.4, 0.5) is 5.69 Å². The highest BCUT2D eigenvalue weighted by molar-refractivity contribution is 9.10. The maximum absolute atomic E-state index is 12.2. The van der Waals surface area contributed by atoms with Crippen LogP contribution in [0.3, 0.4) is 0 Å². The molecule has 2 aromatic carbocycles. The summed E-state index contributed by atoms with van der Waals surface area (Å²) in [6, 6.07) is 13.9. The van der Waals surface area contributed by atoms with Crippen LogP contribution in [-0.2, 0) is 9.59 Å². The molecule has 0 radical (unpaired) electrons. The van der Waals surface area contributed by atoms with Gasteiger partial charge in [0.05, 0.1) is 6.42 Å². The molecule has 0 fully saturated rings. The highest BCUT2D eigenvalue weighted by Crippen LogP contribution is 2.14. The van der Waals surface area contributed by atoms with Gasteiger partial charge >= 0.3 is 5.97 Å². The second-order valence-electron chi connectivity index (χ2n) is 5.46. The molecular formula is C20H16BrNO4. The van der Waals surface area contributed by atoms with Crippen molar-refractivity contribution in [2.45, 2.75) is 6.42 Å². The molecule has 0 aromatic heterocycles. The number of benzene rings is 2. The lowest BCUT2D eigenvalue weighted by atomic mass is 10.1. The number of carboxylic acids is 1. The summed E-state index contributed by atoms with van der Waals surface area (Å²) in [6.07, 6.45) is 2.90. The molecule has 132 valence electrons. The highest BCUT2D eigenvalue weighted by Gasteiger charge is 2.10. The number of rotatable bonds is 7. The highest BCUT2D eigenvalue weighted by atomic mass is 79.9. The van der Waals surface area contributed by atoms with Gasteiger partial charge in [-0.3, -0.25) is 9.59 Å². The van der Waals surface area contributed by atoms with Gasteiger partial charge in [-0.05, 0) is 48.0 Å². The first-order valence-corrected chi connectivity index (χ1v) is 8.43. The van der Waals surface area contributed by atoms with E-state index in [-0.39, 0.29) is 17.8 Å². The van der Waals surface area contributed by atoms with E-state index in [0.29, 0.717) is 11.3 Å². The summed E-state index contributed by atoms with van der Waals surface area (Å²) in [4.78, 5) is 34.6. The lowest BCUT2D eigenvalue weighted by Gasteiger charge is -2.05. The summed E-state index contributed by atoms with van der Waals surface area (Å²) < 4.78 is 0.963. The van der Waals surface area contributed by atoms with Crippen LogP contribution in [0.15, 0.2) is 71.2 Å². The van der Waals surface area contributed by atoms with Crippen molar-refractivity contribution < 1.29 is 19.5 Å². The number of hydrogen-bond donors (Lipinski definition) is 2. The zero-order valence-corrected chi connectivity index (χ0v) is 15.3. The SMILES string of the molecule is C=C(CC(=O)Nc1ccc(C(=O)C=Cc2ccc(Br)cc2)cc1)C(=O)O. The van der Waals surface area contributed by atoms with Crippen LogP contribution >= 0.6 is 15.9 Å². The Balaban J connectivity index is 1.96. The third kappa shape index (κ3) is 5.82. The van der Waals surface area contributed by atoms with E-state index in [1.165, 1.54) is 6.08 Å². The average molecular weight is 414 g/mol. The van der Waals surface area contributed by atoms with Crippen LogP contribution in [0.2, 0.25) is 0 Å². The van der Waals surface area contributed by atoms with Crippen LogP contribution in [-0.4, -0.2) is 22.8 Å². The number of ketones is 1. The van der Waals surface area contributed by atoms with E-state index in [1.807, 2.05) is 24.3 Å². The van der Waals surface area contributed by atoms with Crippen molar-refractivity contribution in [1.82, 2.24) is 0 Å². The average Bonchev–Trinajstić information content (AvgIpc) is 2.61. The van der Waals surface area contributed by atoms with Crippen LogP contribution in [0.1, 0.15) is 22.3 Å². The van der Waals surface area contributed by atoms with Crippen molar-refractivity contribution in [1.29, 1.82) is 0 Å². The molecule has 0 bridgehead atoms. The molecular weight excluding hydrogens is 398 g/mol. The summed E-state index contributed by atoms with van der Waals surface area (Å²) in [5.41, 5.74) is 1.67. The fraction of sp³-hybridized carbons (Fsp3) is 0.0500. The molecule has 0 aliphatic heterocycles. The summed E-state index contributed by atoms with van der Waals surface area (Å²) >= 11 is 3.35. The minimum Gasteiger partial charge on any atom is -0.478 e. The van der Waals surface area contributed by atoms with E-state index < -0.39 is 11.9 Å². The first-order valence-electron chi connectivity index (χ1n) is 7.64. The molecule has 0 spiro atoms. The summed E-state index contributed by atoms with van der Waals surface area (Å²) in [5, 5.41) is 11.3. The number of amides is 1. The summed E-state index contributed by atoms with van der Waals surface area (Å²) in [7, 11) is 0. The summed E-state index contributed by atoms with van der Waals surface area (Å²) in [5.74, 6) is -1.85. The van der Waals surface area contributed by atoms with E-state index in [1.54, 1.807) is 30.3 Å². The molecule has 2 aromatic rings. The standard InChI is InChI=1S/C20H16BrNO4/c1-13(20(25)26)12-19(24)22-17-9-5-15(6-10-17)18(23)11-4-14-2-7-16(21)8-3-14/h2-11H,1,12H2,(H,22,24)(H,25,26). The van der Waals surface area contributed by atoms with Gasteiger partial charge in [-0.25, -0.2) is 4.79 Å². The van der Waals surface area contributed by atoms with Crippen molar-refractivity contribution in [3.63, 3.8) is 0 Å². The molecule has 0 heterocycles. The molecule has 0 unspecified atom stereocenters. The smallest absolute Gasteiger partial charge is 0.331 e. The Labute approximate surface area is 159 Å². The molecule has 0 atom stereocenters. The predicted molar refractivity (Wildman–Crippen MR) is 104 cm³/mol. The molecule has 2 rings (SSSR count). The van der Waals surface area contributed by atoms with Gasteiger partial charge in [0, 0.05) is 21.3 Å². The zero-order valence-electron chi connectivity index (χ0n) is 13.7. The van der Waals surface area contributed by atoms with Gasteiger partial charge in [0.2, 0.25) is 5.91 Å². The number of aliphatic carboxylic acids is 1. The van der Waals surface area contributed by atoms with Crippen molar-refractivity contribution in [2.24, 2.45) is 0 Å². The molecule has 0 saturated heterocycles. The van der Waals surface area contributed by atoms with Crippen LogP contribution in [0, 0.1) is 0 Å². The normalized spacial score (nSPS) is 10.5. The van der Waals surface area contributed by atoms with Crippen LogP contribution in [0.5, 0.6) is 0 Å². The van der Waals surface area contributed by atoms with Crippen LogP contribution < -0.4 is 5.32 Å². The lowest BCUT2D eigenvalue weighted by molar-refractivity contribution is -0.133. The summed E-state index contributed by atoms with van der Waals surface area (Å²) in [6.45, 7) is 3.31. The first-order chi connectivity index (χ1) is 12.3. The van der Waals surface area contributed by atoms with Crippen LogP contribution in [0.25, 0.3) is 6.08 Å². The fourth-order valence-electron chi connectivity index (χ4n) is 2.03. The Bertz CT molecular complexity index is 868. The minimum absolute atomic E-state index is 0.162. The number of allylic oxidation sites excluding steroid dienone is 1. The second kappa shape index (κ2) is 8.92. The molecule has 0 aliphatic rings. The molecule has 1 amide bonds. The van der Waals surface area contributed by atoms with E-state index in [0.717, 1.165) is 10.0 Å². The van der Waals surface area contributed by atoms with E-state index in [2.05, 4.69) is 27.8 Å². The molecule has 26 heavy (non-hydrogen) atoms. The number of carbonyl (C=O) groups excluding carboxylic acids is 2. The molecule has 2 N–H and O–H groups in total. The molecule has 5 nitrogen and oxygen atoms in total. The van der Waals surface area contributed by atoms with E-state index in [9.17, 15) is 14.4 Å². The molecule has 6 heteroatoms. The Morgan fingerprint density at radius 1 is 1.04 bits per heavy atom. The fourth-order valence-corrected chi connectivity index (χ4v) is 2.30. The number of halogens is 1. The zero-order chi connectivity index (χ0) is 19.1. The van der Waals surface area contributed by atoms with Gasteiger partial charge < -0.3 is 10.4 Å². The Morgan fingerprint density at radius 2 is 1.65 bits per heavy atom. The second-order valence-corrected chi connectivity index (χ2v) is 6.38. The molecule has 0 saturated carbocycles. The Hall–Kier alpha value is -2.99. The van der Waals surface area contributed by atoms with Gasteiger partial charge in [-0.1, -0.05) is 40.7 Å². The van der Waals surface area contributed by atoms with Gasteiger partial charge in [0.25, 0.3) is 0 Å². The maximum atomic E-state index is 12.2. The largest absolute Gasteiger partial charge is 0.478 e. The van der Waals surface area contributed by atoms with Crippen molar-refractivity contribution in [3.05, 3.63) is 82.4 Å². The van der Waals surface area contributed by atoms with Gasteiger partial charge in [0.1, 0.15) is 0 Å². The van der Waals surface area contributed by atoms with Gasteiger partial charge in [-0.2, -0.15) is 0 Å². The topological polar surface area (TPSA) is 83.5 Å². The van der Waals surface area contributed by atoms with Crippen molar-refractivity contribution in [3.8, 4) is 0 Å². The van der Waals surface area contributed by atoms with E-state index >= 15 is 0 Å². The Morgan fingerprint density at radius 3 is 2.23 bits per heavy atom. The third-order valence-electron chi connectivity index (χ3n) is 3.43.